The van der Waals surface area contributed by atoms with Gasteiger partial charge in [0.1, 0.15) is 11.6 Å². The Labute approximate surface area is 255 Å². The summed E-state index contributed by atoms with van der Waals surface area (Å²) in [6, 6.07) is 12.3. The number of nitrogens with zero attached hydrogens (tertiary/aromatic N) is 1. The molecule has 0 aliphatic heterocycles. The van der Waals surface area contributed by atoms with E-state index in [9.17, 15) is 18.8 Å². The molecule has 0 saturated heterocycles. The molecule has 4 aromatic rings. The first-order valence-corrected chi connectivity index (χ1v) is 12.9. The van der Waals surface area contributed by atoms with Gasteiger partial charge in [-0.2, -0.15) is 0 Å². The number of hydrogen-bond acceptors (Lipinski definition) is 5. The van der Waals surface area contributed by atoms with E-state index in [1.807, 2.05) is 46.9 Å². The number of rotatable bonds is 8. The second-order valence-electron chi connectivity index (χ2n) is 9.10. The molecule has 39 heavy (non-hydrogen) atoms. The van der Waals surface area contributed by atoms with Gasteiger partial charge in [-0.15, -0.1) is 0 Å². The molecule has 6 nitrogen and oxygen atoms in total. The number of ketones is 1. The van der Waals surface area contributed by atoms with Crippen molar-refractivity contribution in [3.05, 3.63) is 108 Å². The predicted molar refractivity (Wildman–Crippen MR) is 156 cm³/mol. The van der Waals surface area contributed by atoms with Crippen molar-refractivity contribution in [1.29, 1.82) is 0 Å². The number of carbonyl (C=O) groups is 1. The average Bonchev–Trinajstić information content (AvgIpc) is 2.83. The molecule has 0 fully saturated rings. The van der Waals surface area contributed by atoms with E-state index in [-0.39, 0.29) is 75.8 Å². The van der Waals surface area contributed by atoms with Crippen LogP contribution in [0.3, 0.4) is 0 Å². The van der Waals surface area contributed by atoms with Crippen molar-refractivity contribution >= 4 is 39.3 Å². The Morgan fingerprint density at radius 2 is 1.85 bits per heavy atom. The summed E-state index contributed by atoms with van der Waals surface area (Å²) in [5.41, 5.74) is 3.03. The molecule has 0 spiro atoms. The number of aromatic nitrogens is 1. The molecular weight excluding hydrogens is 784 g/mol. The Kier molecular flexibility index (Phi) is 11.6. The summed E-state index contributed by atoms with van der Waals surface area (Å²) in [4.78, 5) is 38.6. The van der Waals surface area contributed by atoms with Gasteiger partial charge in [-0.05, 0) is 77.7 Å². The van der Waals surface area contributed by atoms with Gasteiger partial charge in [-0.25, -0.2) is 9.18 Å². The Balaban J connectivity index is 0.00000267. The number of fused-ring (bicyclic) bond motifs is 1. The van der Waals surface area contributed by atoms with E-state index in [1.54, 1.807) is 37.7 Å². The molecule has 0 amide bonds. The van der Waals surface area contributed by atoms with E-state index in [0.717, 1.165) is 9.13 Å². The molecule has 0 aliphatic rings. The summed E-state index contributed by atoms with van der Waals surface area (Å²) in [7, 11) is 1.56. The number of methoxy groups -OCH3 is 1. The molecule has 0 aliphatic carbocycles. The van der Waals surface area contributed by atoms with Gasteiger partial charge in [-0.3, -0.25) is 9.59 Å². The third kappa shape index (κ3) is 6.84. The maximum atomic E-state index is 14.8. The normalized spacial score (nSPS) is 10.7. The zero-order valence-electron chi connectivity index (χ0n) is 22.5. The molecule has 2 heterocycles. The average molecular weight is 814 g/mol. The third-order valence-electron chi connectivity index (χ3n) is 6.51. The zero-order valence-corrected chi connectivity index (χ0v) is 27.6. The van der Waals surface area contributed by atoms with Crippen LogP contribution in [0, 0.1) is 30.7 Å². The summed E-state index contributed by atoms with van der Waals surface area (Å²) < 4.78 is 28.2. The Morgan fingerprint density at radius 1 is 1.13 bits per heavy atom. The van der Waals surface area contributed by atoms with Crippen molar-refractivity contribution < 1.29 is 39.4 Å². The van der Waals surface area contributed by atoms with E-state index < -0.39 is 11.4 Å². The molecule has 0 atom stereocenters. The Bertz CT molecular complexity index is 1640. The maximum absolute atomic E-state index is 14.8. The van der Waals surface area contributed by atoms with Crippen molar-refractivity contribution in [2.24, 2.45) is 0 Å². The van der Waals surface area contributed by atoms with Crippen LogP contribution in [0.5, 0.6) is 0 Å². The smallest absolute Gasteiger partial charge is 0.339 e. The minimum atomic E-state index is -0.581. The van der Waals surface area contributed by atoms with Crippen LogP contribution in [0.25, 0.3) is 22.1 Å². The fourth-order valence-electron chi connectivity index (χ4n) is 4.65. The third-order valence-corrected chi connectivity index (χ3v) is 7.18. The molecule has 0 bridgehead atoms. The first-order chi connectivity index (χ1) is 17.6. The molecule has 0 saturated carbocycles. The number of ether oxygens (including phenoxy) is 1. The first-order valence-electron chi connectivity index (χ1n) is 11.8. The fraction of sp³-hybridized carbons (Fsp3) is 0.267. The SMILES string of the molecule is COCCn1c(C)c(-c2cccc(CC(C)=O)c2)c2oc(=O)c(C)c(Cc3ccc(I)cc3F)c2c1=O.[CH3-].[W]. The van der Waals surface area contributed by atoms with Gasteiger partial charge in [0.25, 0.3) is 5.56 Å². The van der Waals surface area contributed by atoms with Gasteiger partial charge in [0.15, 0.2) is 5.58 Å². The van der Waals surface area contributed by atoms with Gasteiger partial charge < -0.3 is 21.1 Å². The molecule has 2 aromatic carbocycles. The molecular formula is C30H30FINO5W-. The fourth-order valence-corrected chi connectivity index (χ4v) is 5.10. The van der Waals surface area contributed by atoms with Crippen molar-refractivity contribution in [3.8, 4) is 11.1 Å². The van der Waals surface area contributed by atoms with Crippen molar-refractivity contribution in [2.45, 2.75) is 40.2 Å². The van der Waals surface area contributed by atoms with Crippen LogP contribution in [-0.4, -0.2) is 24.1 Å². The number of halogens is 2. The van der Waals surface area contributed by atoms with Crippen molar-refractivity contribution in [2.75, 3.05) is 13.7 Å². The van der Waals surface area contributed by atoms with E-state index in [0.29, 0.717) is 34.6 Å². The standard InChI is InChI=1S/C29H27FINO5.CH3.W/c1-16(33)12-19-6-5-7-21(13-19)25-18(3)32(10-11-36-4)28(34)26-23(17(2)29(35)37-27(25)26)14-20-8-9-22(31)15-24(20)30;;/h5-9,13,15H,10-12,14H2,1-4H3;1H3;/q;-1;. The zero-order chi connectivity index (χ0) is 26.9. The van der Waals surface area contributed by atoms with Crippen LogP contribution < -0.4 is 11.2 Å². The van der Waals surface area contributed by atoms with Crippen LogP contribution in [0.1, 0.15) is 34.9 Å². The van der Waals surface area contributed by atoms with E-state index in [1.165, 1.54) is 13.0 Å². The molecule has 0 radical (unpaired) electrons. The van der Waals surface area contributed by atoms with Crippen LogP contribution in [0.15, 0.2) is 56.5 Å². The largest absolute Gasteiger partial charge is 0.422 e. The number of carbonyl (C=O) groups excluding carboxylic acids is 1. The monoisotopic (exact) mass is 814 g/mol. The Hall–Kier alpha value is -2.42. The van der Waals surface area contributed by atoms with E-state index in [4.69, 9.17) is 9.15 Å². The first kappa shape index (κ1) is 32.8. The van der Waals surface area contributed by atoms with Crippen molar-refractivity contribution in [3.63, 3.8) is 0 Å². The van der Waals surface area contributed by atoms with Gasteiger partial charge in [0.2, 0.25) is 0 Å². The second-order valence-corrected chi connectivity index (χ2v) is 10.3. The minimum absolute atomic E-state index is 0. The van der Waals surface area contributed by atoms with Gasteiger partial charge >= 0.3 is 5.63 Å². The molecule has 206 valence electrons. The maximum Gasteiger partial charge on any atom is 0.339 e. The number of Topliss-reactive ketones (excluding diaryl/α,β-unsaturated/α-hetero) is 1. The summed E-state index contributed by atoms with van der Waals surface area (Å²) in [6.45, 7) is 5.49. The molecule has 0 unspecified atom stereocenters. The molecule has 9 heteroatoms. The second kappa shape index (κ2) is 13.8. The van der Waals surface area contributed by atoms with Gasteiger partial charge in [0.05, 0.1) is 12.0 Å². The topological polar surface area (TPSA) is 78.5 Å². The Morgan fingerprint density at radius 3 is 2.49 bits per heavy atom. The van der Waals surface area contributed by atoms with E-state index >= 15 is 0 Å². The number of pyridine rings is 1. The number of benzene rings is 2. The van der Waals surface area contributed by atoms with Crippen LogP contribution in [-0.2, 0) is 50.0 Å². The minimum Gasteiger partial charge on any atom is -0.422 e. The predicted octanol–water partition coefficient (Wildman–Crippen LogP) is 5.80. The summed E-state index contributed by atoms with van der Waals surface area (Å²) in [5.74, 6) is -0.385. The number of hydrogen-bond donors (Lipinski definition) is 0. The van der Waals surface area contributed by atoms with Crippen LogP contribution in [0.2, 0.25) is 0 Å². The van der Waals surface area contributed by atoms with Gasteiger partial charge in [0, 0.05) is 68.0 Å². The molecule has 0 N–H and O–H groups in total. The van der Waals surface area contributed by atoms with E-state index in [2.05, 4.69) is 0 Å². The summed E-state index contributed by atoms with van der Waals surface area (Å²) in [6.07, 6.45) is 0.317. The molecule has 4 rings (SSSR count). The summed E-state index contributed by atoms with van der Waals surface area (Å²) in [5, 5.41) is 0.240. The van der Waals surface area contributed by atoms with Crippen LogP contribution in [0.4, 0.5) is 4.39 Å². The summed E-state index contributed by atoms with van der Waals surface area (Å²) >= 11 is 2.03. The quantitative estimate of drug-likeness (QED) is 0.166. The van der Waals surface area contributed by atoms with Gasteiger partial charge in [-0.1, -0.05) is 30.3 Å². The molecule has 2 aromatic heterocycles. The van der Waals surface area contributed by atoms with Crippen LogP contribution >= 0.6 is 22.6 Å². The van der Waals surface area contributed by atoms with Crippen molar-refractivity contribution in [1.82, 2.24) is 4.57 Å².